The summed E-state index contributed by atoms with van der Waals surface area (Å²) in [6, 6.07) is 39.5. The number of carbonyl (C=O) groups excluding carboxylic acids is 1. The van der Waals surface area contributed by atoms with Crippen LogP contribution in [0.4, 0.5) is 0 Å². The highest BCUT2D eigenvalue weighted by atomic mass is 16.7. The molecule has 0 unspecified atom stereocenters. The Labute approximate surface area is 186 Å². The average molecular weight is 416 g/mol. The first kappa shape index (κ1) is 18.8. The van der Waals surface area contributed by atoms with E-state index < -0.39 is 11.2 Å². The van der Waals surface area contributed by atoms with Crippen LogP contribution in [0.15, 0.2) is 121 Å². The maximum absolute atomic E-state index is 13.7. The fourth-order valence-electron chi connectivity index (χ4n) is 4.86. The van der Waals surface area contributed by atoms with Crippen LogP contribution in [-0.4, -0.2) is 11.6 Å². The van der Waals surface area contributed by atoms with Crippen molar-refractivity contribution in [3.63, 3.8) is 0 Å². The normalized spacial score (nSPS) is 20.9. The van der Waals surface area contributed by atoms with E-state index >= 15 is 0 Å². The van der Waals surface area contributed by atoms with Gasteiger partial charge < -0.3 is 9.47 Å². The molecule has 0 bridgehead atoms. The van der Waals surface area contributed by atoms with E-state index in [1.54, 1.807) is 0 Å². The summed E-state index contributed by atoms with van der Waals surface area (Å²) >= 11 is 0. The van der Waals surface area contributed by atoms with Gasteiger partial charge in [0.25, 0.3) is 0 Å². The minimum Gasteiger partial charge on any atom is -0.423 e. The quantitative estimate of drug-likeness (QED) is 0.311. The van der Waals surface area contributed by atoms with Gasteiger partial charge in [0.15, 0.2) is 5.60 Å². The lowest BCUT2D eigenvalue weighted by atomic mass is 9.75. The molecule has 2 aliphatic heterocycles. The topological polar surface area (TPSA) is 38.8 Å². The molecule has 0 aliphatic carbocycles. The Bertz CT molecular complexity index is 1270. The molecule has 1 fully saturated rings. The second kappa shape index (κ2) is 7.04. The number of rotatable bonds is 4. The van der Waals surface area contributed by atoms with Gasteiger partial charge in [-0.15, -0.1) is 0 Å². The van der Waals surface area contributed by atoms with Crippen LogP contribution in [0.2, 0.25) is 0 Å². The summed E-state index contributed by atoms with van der Waals surface area (Å²) in [5, 5.41) is 0. The van der Waals surface area contributed by atoms with Crippen LogP contribution < -0.4 is 0 Å². The lowest BCUT2D eigenvalue weighted by molar-refractivity contribution is -0.138. The first-order valence-electron chi connectivity index (χ1n) is 10.7. The van der Waals surface area contributed by atoms with Crippen LogP contribution >= 0.6 is 0 Å². The van der Waals surface area contributed by atoms with Crippen molar-refractivity contribution in [3.8, 4) is 0 Å². The van der Waals surface area contributed by atoms with Crippen molar-refractivity contribution >= 4 is 17.3 Å². The molecule has 4 aromatic carbocycles. The van der Waals surface area contributed by atoms with Crippen molar-refractivity contribution < 1.29 is 14.3 Å². The van der Waals surface area contributed by atoms with E-state index in [0.29, 0.717) is 5.76 Å². The van der Waals surface area contributed by atoms with Gasteiger partial charge >= 0.3 is 5.97 Å². The molecule has 4 aromatic rings. The highest BCUT2D eigenvalue weighted by molar-refractivity contribution is 6.16. The van der Waals surface area contributed by atoms with Crippen LogP contribution in [0.5, 0.6) is 0 Å². The molecule has 1 atom stereocenters. The summed E-state index contributed by atoms with van der Waals surface area (Å²) in [6.45, 7) is 0. The van der Waals surface area contributed by atoms with Gasteiger partial charge in [-0.3, -0.25) is 0 Å². The number of cyclic esters (lactones) is 1. The summed E-state index contributed by atoms with van der Waals surface area (Å²) in [5.41, 5.74) is 2.14. The van der Waals surface area contributed by atoms with E-state index in [9.17, 15) is 4.79 Å². The van der Waals surface area contributed by atoms with Gasteiger partial charge in [0.05, 0.1) is 0 Å². The standard InChI is InChI=1S/C29H20O3/c30-27-29(28(32-29,23-17-9-3-10-18-23)24-19-11-4-12-20-24)25(21-13-5-1-6-14-21)26(31-27)22-15-7-2-8-16-22/h1-20H/t29-/m1/s1. The largest absolute Gasteiger partial charge is 0.423 e. The Kier molecular flexibility index (Phi) is 4.14. The highest BCUT2D eigenvalue weighted by Gasteiger charge is 2.82. The first-order valence-corrected chi connectivity index (χ1v) is 10.7. The van der Waals surface area contributed by atoms with Gasteiger partial charge in [0, 0.05) is 11.1 Å². The van der Waals surface area contributed by atoms with Gasteiger partial charge in [-0.25, -0.2) is 4.79 Å². The van der Waals surface area contributed by atoms with Crippen LogP contribution in [0.1, 0.15) is 22.3 Å². The van der Waals surface area contributed by atoms with Crippen LogP contribution in [0.25, 0.3) is 11.3 Å². The molecule has 2 aliphatic rings. The molecule has 0 N–H and O–H groups in total. The first-order chi connectivity index (χ1) is 15.8. The summed E-state index contributed by atoms with van der Waals surface area (Å²) < 4.78 is 12.6. The molecule has 154 valence electrons. The molecule has 3 heteroatoms. The van der Waals surface area contributed by atoms with Crippen LogP contribution in [-0.2, 0) is 19.9 Å². The highest BCUT2D eigenvalue weighted by Crippen LogP contribution is 2.69. The van der Waals surface area contributed by atoms with E-state index in [1.807, 2.05) is 121 Å². The summed E-state index contributed by atoms with van der Waals surface area (Å²) in [7, 11) is 0. The maximum Gasteiger partial charge on any atom is 0.352 e. The zero-order valence-electron chi connectivity index (χ0n) is 17.3. The number of hydrogen-bond acceptors (Lipinski definition) is 3. The molecule has 1 spiro atoms. The van der Waals surface area contributed by atoms with Gasteiger partial charge in [0.1, 0.15) is 5.76 Å². The molecule has 32 heavy (non-hydrogen) atoms. The van der Waals surface area contributed by atoms with E-state index in [-0.39, 0.29) is 5.97 Å². The Morgan fingerprint density at radius 3 is 1.44 bits per heavy atom. The van der Waals surface area contributed by atoms with Gasteiger partial charge in [-0.1, -0.05) is 121 Å². The molecule has 0 amide bonds. The Balaban J connectivity index is 1.66. The average Bonchev–Trinajstić information content (AvgIpc) is 3.49. The van der Waals surface area contributed by atoms with Gasteiger partial charge in [-0.05, 0) is 16.7 Å². The van der Waals surface area contributed by atoms with Crippen molar-refractivity contribution in [2.45, 2.75) is 11.2 Å². The van der Waals surface area contributed by atoms with Gasteiger partial charge in [0.2, 0.25) is 5.60 Å². The van der Waals surface area contributed by atoms with Crippen LogP contribution in [0.3, 0.4) is 0 Å². The zero-order valence-corrected chi connectivity index (χ0v) is 17.3. The SMILES string of the molecule is O=C1OC(c2ccccc2)=C(c2ccccc2)[C@@]12OC2(c1ccccc1)c1ccccc1. The number of epoxide rings is 1. The predicted molar refractivity (Wildman–Crippen MR) is 123 cm³/mol. The molecule has 0 saturated carbocycles. The Morgan fingerprint density at radius 2 is 0.938 bits per heavy atom. The van der Waals surface area contributed by atoms with Crippen molar-refractivity contribution in [3.05, 3.63) is 144 Å². The molecule has 2 heterocycles. The van der Waals surface area contributed by atoms with Crippen LogP contribution in [0, 0.1) is 0 Å². The third-order valence-corrected chi connectivity index (χ3v) is 6.28. The molecule has 0 aromatic heterocycles. The third-order valence-electron chi connectivity index (χ3n) is 6.28. The van der Waals surface area contributed by atoms with Crippen molar-refractivity contribution in [1.29, 1.82) is 0 Å². The third kappa shape index (κ3) is 2.49. The minimum atomic E-state index is -1.26. The lowest BCUT2D eigenvalue weighted by Crippen LogP contribution is -2.32. The van der Waals surface area contributed by atoms with E-state index in [0.717, 1.165) is 27.8 Å². The van der Waals surface area contributed by atoms with Crippen molar-refractivity contribution in [2.75, 3.05) is 0 Å². The molecule has 1 saturated heterocycles. The molecule has 0 radical (unpaired) electrons. The predicted octanol–water partition coefficient (Wildman–Crippen LogP) is 5.82. The Hall–Kier alpha value is -3.95. The fourth-order valence-corrected chi connectivity index (χ4v) is 4.86. The van der Waals surface area contributed by atoms with Crippen molar-refractivity contribution in [1.82, 2.24) is 0 Å². The number of benzene rings is 4. The summed E-state index contributed by atoms with van der Waals surface area (Å²) in [4.78, 5) is 13.7. The molecular formula is C29H20O3. The number of carbonyl (C=O) groups is 1. The lowest BCUT2D eigenvalue weighted by Gasteiger charge is -2.18. The van der Waals surface area contributed by atoms with E-state index in [2.05, 4.69) is 0 Å². The van der Waals surface area contributed by atoms with E-state index in [4.69, 9.17) is 9.47 Å². The zero-order chi connectivity index (χ0) is 21.6. The van der Waals surface area contributed by atoms with E-state index in [1.165, 1.54) is 0 Å². The second-order valence-electron chi connectivity index (χ2n) is 8.02. The molecule has 3 nitrogen and oxygen atoms in total. The maximum atomic E-state index is 13.7. The smallest absolute Gasteiger partial charge is 0.352 e. The summed E-state index contributed by atoms with van der Waals surface area (Å²) in [6.07, 6.45) is 0. The summed E-state index contributed by atoms with van der Waals surface area (Å²) in [5.74, 6) is 0.165. The second-order valence-corrected chi connectivity index (χ2v) is 8.02. The Morgan fingerprint density at radius 1 is 0.500 bits per heavy atom. The number of hydrogen-bond donors (Lipinski definition) is 0. The van der Waals surface area contributed by atoms with Crippen molar-refractivity contribution in [2.24, 2.45) is 0 Å². The molecule has 6 rings (SSSR count). The van der Waals surface area contributed by atoms with Gasteiger partial charge in [-0.2, -0.15) is 0 Å². The minimum absolute atomic E-state index is 0.386. The number of ether oxygens (including phenoxy) is 2. The fraction of sp³-hybridized carbons (Fsp3) is 0.0690. The number of esters is 1. The monoisotopic (exact) mass is 416 g/mol. The molecular weight excluding hydrogens is 396 g/mol.